The smallest absolute Gasteiger partial charge is 0.148 e. The predicted molar refractivity (Wildman–Crippen MR) is 35.9 cm³/mol. The molecular weight excluding hydrogens is 96.4 g/mol. The van der Waals surface area contributed by atoms with Crippen molar-refractivity contribution in [3.63, 3.8) is 0 Å². The Labute approximate surface area is 56.4 Å². The molecule has 0 aliphatic rings. The van der Waals surface area contributed by atoms with Crippen LogP contribution in [0.2, 0.25) is 8.09 Å². The molecule has 0 atom stereocenters. The predicted octanol–water partition coefficient (Wildman–Crippen LogP) is 2.35. The first kappa shape index (κ1) is 7.77. The van der Waals surface area contributed by atoms with Crippen molar-refractivity contribution >= 4 is 20.4 Å². The van der Waals surface area contributed by atoms with Crippen molar-refractivity contribution in [2.24, 2.45) is 0 Å². The second-order valence-electron chi connectivity index (χ2n) is 3.31. The van der Waals surface area contributed by atoms with E-state index in [1.54, 1.807) is 0 Å². The summed E-state index contributed by atoms with van der Waals surface area (Å²) in [4.78, 5) is 0. The molecule has 0 aliphatic heterocycles. The van der Waals surface area contributed by atoms with Crippen LogP contribution in [0.3, 0.4) is 0 Å². The van der Waals surface area contributed by atoms with Gasteiger partial charge in [-0.15, -0.1) is 8.09 Å². The summed E-state index contributed by atoms with van der Waals surface area (Å²) in [6, 6.07) is 0. The van der Waals surface area contributed by atoms with Crippen LogP contribution in [0.5, 0.6) is 0 Å². The molecule has 0 nitrogen and oxygen atoms in total. The van der Waals surface area contributed by atoms with E-state index in [2.05, 4.69) is 27.7 Å². The third-order valence-corrected chi connectivity index (χ3v) is 3.00. The van der Waals surface area contributed by atoms with Crippen molar-refractivity contribution in [2.75, 3.05) is 0 Å². The fourth-order valence-electron chi connectivity index (χ4n) is 0.750. The lowest BCUT2D eigenvalue weighted by atomic mass is 10.2. The normalized spacial score (nSPS) is 10.9. The van der Waals surface area contributed by atoms with Gasteiger partial charge < -0.3 is 0 Å². The van der Waals surface area contributed by atoms with E-state index in [0.29, 0.717) is 3.54 Å². The van der Waals surface area contributed by atoms with E-state index >= 15 is 0 Å². The lowest BCUT2D eigenvalue weighted by Gasteiger charge is -2.14. The average Bonchev–Trinajstić information content (AvgIpc) is 1.30. The van der Waals surface area contributed by atoms with E-state index in [0.717, 1.165) is 0 Å². The fourth-order valence-corrected chi connectivity index (χ4v) is 2.25. The van der Waals surface area contributed by atoms with Crippen LogP contribution in [-0.2, 0) is 0 Å². The first-order chi connectivity index (χ1) is 3.06. The molecule has 0 N–H and O–H groups in total. The SMILES string of the molecule is C[CH2][Mg][C](C)(C)C. The van der Waals surface area contributed by atoms with E-state index in [1.807, 2.05) is 0 Å². The van der Waals surface area contributed by atoms with Crippen LogP contribution in [0.25, 0.3) is 0 Å². The third kappa shape index (κ3) is 6.77. The molecule has 0 aromatic rings. The molecule has 0 heterocycles. The molecule has 7 heavy (non-hydrogen) atoms. The van der Waals surface area contributed by atoms with Crippen LogP contribution < -0.4 is 0 Å². The molecule has 0 fully saturated rings. The molecule has 0 aromatic carbocycles. The van der Waals surface area contributed by atoms with Gasteiger partial charge in [0, 0.05) is 0 Å². The molecule has 0 saturated heterocycles. The molecule has 0 unspecified atom stereocenters. The second-order valence-corrected chi connectivity index (χ2v) is 6.93. The summed E-state index contributed by atoms with van der Waals surface area (Å²) >= 11 is 0.260. The van der Waals surface area contributed by atoms with Gasteiger partial charge in [0.05, 0.1) is 0 Å². The van der Waals surface area contributed by atoms with Crippen LogP contribution in [-0.4, -0.2) is 20.4 Å². The van der Waals surface area contributed by atoms with Crippen molar-refractivity contribution in [1.29, 1.82) is 0 Å². The van der Waals surface area contributed by atoms with Gasteiger partial charge in [-0.1, -0.05) is 27.7 Å². The minimum atomic E-state index is 0.260. The van der Waals surface area contributed by atoms with Gasteiger partial charge in [-0.25, -0.2) is 0 Å². The maximum Gasteiger partial charge on any atom is 0.371 e. The molecule has 0 rings (SSSR count). The van der Waals surface area contributed by atoms with E-state index < -0.39 is 0 Å². The van der Waals surface area contributed by atoms with Crippen molar-refractivity contribution in [3.8, 4) is 0 Å². The van der Waals surface area contributed by atoms with Gasteiger partial charge in [0.1, 0.15) is 0 Å². The van der Waals surface area contributed by atoms with Crippen LogP contribution in [0.4, 0.5) is 0 Å². The molecule has 1 heteroatoms. The number of hydrogen-bond acceptors (Lipinski definition) is 0. The van der Waals surface area contributed by atoms with Crippen LogP contribution in [0, 0.1) is 0 Å². The molecule has 0 aromatic heterocycles. The first-order valence-electron chi connectivity index (χ1n) is 3.06. The summed E-state index contributed by atoms with van der Waals surface area (Å²) in [5, 5.41) is 0. The molecule has 0 aliphatic carbocycles. The maximum atomic E-state index is 2.34. The second kappa shape index (κ2) is 2.93. The Bertz CT molecular complexity index is 42.6. The van der Waals surface area contributed by atoms with Crippen LogP contribution in [0.1, 0.15) is 27.7 Å². The zero-order valence-electron chi connectivity index (χ0n) is 5.91. The summed E-state index contributed by atoms with van der Waals surface area (Å²) in [5.74, 6) is 0. The van der Waals surface area contributed by atoms with Gasteiger partial charge in [0.25, 0.3) is 0 Å². The zero-order chi connectivity index (χ0) is 5.91. The Balaban J connectivity index is 3.15. The van der Waals surface area contributed by atoms with Crippen molar-refractivity contribution in [3.05, 3.63) is 0 Å². The molecule has 0 amide bonds. The third-order valence-electron chi connectivity index (χ3n) is 1.000. The highest BCUT2D eigenvalue weighted by molar-refractivity contribution is 6.39. The Hall–Kier alpha value is 0.766. The van der Waals surface area contributed by atoms with E-state index in [4.69, 9.17) is 0 Å². The van der Waals surface area contributed by atoms with Gasteiger partial charge >= 0.3 is 20.4 Å². The van der Waals surface area contributed by atoms with Crippen LogP contribution in [0.15, 0.2) is 0 Å². The zero-order valence-corrected chi connectivity index (χ0v) is 7.33. The van der Waals surface area contributed by atoms with Crippen molar-refractivity contribution < 1.29 is 0 Å². The van der Waals surface area contributed by atoms with Gasteiger partial charge in [0.2, 0.25) is 0 Å². The van der Waals surface area contributed by atoms with Gasteiger partial charge in [-0.3, -0.25) is 0 Å². The molecule has 0 radical (unpaired) electrons. The largest absolute Gasteiger partial charge is 0.371 e. The highest BCUT2D eigenvalue weighted by atomic mass is 24.5. The highest BCUT2D eigenvalue weighted by Gasteiger charge is 2.10. The lowest BCUT2D eigenvalue weighted by Crippen LogP contribution is -2.05. The van der Waals surface area contributed by atoms with E-state index in [9.17, 15) is 0 Å². The molecule has 40 valence electrons. The molecule has 0 saturated carbocycles. The summed E-state index contributed by atoms with van der Waals surface area (Å²) < 4.78 is 2.14. The highest BCUT2D eigenvalue weighted by Crippen LogP contribution is 2.20. The maximum absolute atomic E-state index is 2.34. The Morgan fingerprint density at radius 1 is 1.29 bits per heavy atom. The Morgan fingerprint density at radius 2 is 1.71 bits per heavy atom. The summed E-state index contributed by atoms with van der Waals surface area (Å²) in [5.41, 5.74) is 0. The topological polar surface area (TPSA) is 0 Å². The van der Waals surface area contributed by atoms with Crippen LogP contribution >= 0.6 is 0 Å². The Morgan fingerprint density at radius 3 is 1.71 bits per heavy atom. The fraction of sp³-hybridized carbons (Fsp3) is 1.00. The Kier molecular flexibility index (Phi) is 3.25. The standard InChI is InChI=1S/C4H9.C2H5.Mg/c1-4(2)3;1-2;/h1-3H3;1H2,2H3;. The van der Waals surface area contributed by atoms with E-state index in [-0.39, 0.29) is 20.4 Å². The van der Waals surface area contributed by atoms with Gasteiger partial charge in [-0.05, 0) is 0 Å². The first-order valence-corrected chi connectivity index (χ1v) is 4.77. The minimum absolute atomic E-state index is 0.260. The summed E-state index contributed by atoms with van der Waals surface area (Å²) in [6.45, 7) is 9.30. The average molecular weight is 110 g/mol. The minimum Gasteiger partial charge on any atom is -0.148 e. The lowest BCUT2D eigenvalue weighted by molar-refractivity contribution is 0.750. The molecular formula is C6H14Mg. The summed E-state index contributed by atoms with van der Waals surface area (Å²) in [7, 11) is 0. The molecule has 0 spiro atoms. The van der Waals surface area contributed by atoms with Crippen molar-refractivity contribution in [1.82, 2.24) is 0 Å². The van der Waals surface area contributed by atoms with Gasteiger partial charge in [0.15, 0.2) is 0 Å². The summed E-state index contributed by atoms with van der Waals surface area (Å²) in [6.07, 6.45) is 0. The number of rotatable bonds is 1. The van der Waals surface area contributed by atoms with Crippen molar-refractivity contribution in [2.45, 2.75) is 35.8 Å². The monoisotopic (exact) mass is 110 g/mol. The number of hydrogen-bond donors (Lipinski definition) is 0. The van der Waals surface area contributed by atoms with E-state index in [1.165, 1.54) is 4.55 Å². The van der Waals surface area contributed by atoms with Gasteiger partial charge in [-0.2, -0.15) is 0 Å². The molecule has 0 bridgehead atoms. The quantitative estimate of drug-likeness (QED) is 0.455.